The highest BCUT2D eigenvalue weighted by molar-refractivity contribution is 8.00. The molecular formula is C14H19NO2S. The van der Waals surface area contributed by atoms with Crippen LogP contribution in [-0.4, -0.2) is 23.8 Å². The minimum absolute atomic E-state index is 0.347. The van der Waals surface area contributed by atoms with Crippen LogP contribution >= 0.6 is 11.8 Å². The molecule has 2 aliphatic heterocycles. The highest BCUT2D eigenvalue weighted by Crippen LogP contribution is 2.38. The van der Waals surface area contributed by atoms with Gasteiger partial charge < -0.3 is 14.8 Å². The first-order valence-corrected chi connectivity index (χ1v) is 7.48. The van der Waals surface area contributed by atoms with E-state index in [2.05, 4.69) is 30.1 Å². The molecule has 1 fully saturated rings. The molecule has 2 heterocycles. The Morgan fingerprint density at radius 2 is 2.33 bits per heavy atom. The second kappa shape index (κ2) is 5.02. The van der Waals surface area contributed by atoms with Crippen LogP contribution in [0.15, 0.2) is 18.2 Å². The van der Waals surface area contributed by atoms with Crippen molar-refractivity contribution in [3.8, 4) is 11.5 Å². The lowest BCUT2D eigenvalue weighted by Gasteiger charge is -2.23. The van der Waals surface area contributed by atoms with Crippen LogP contribution < -0.4 is 14.8 Å². The zero-order valence-corrected chi connectivity index (χ0v) is 11.5. The number of benzene rings is 1. The Hall–Kier alpha value is -0.870. The first-order valence-electron chi connectivity index (χ1n) is 6.49. The van der Waals surface area contributed by atoms with Crippen molar-refractivity contribution in [2.75, 3.05) is 19.1 Å². The van der Waals surface area contributed by atoms with E-state index in [1.165, 1.54) is 24.2 Å². The van der Waals surface area contributed by atoms with Crippen LogP contribution in [-0.2, 0) is 6.54 Å². The average molecular weight is 265 g/mol. The minimum Gasteiger partial charge on any atom is -0.454 e. The van der Waals surface area contributed by atoms with Gasteiger partial charge in [-0.05, 0) is 31.6 Å². The van der Waals surface area contributed by atoms with Crippen LogP contribution in [0.25, 0.3) is 0 Å². The van der Waals surface area contributed by atoms with Crippen molar-refractivity contribution in [3.05, 3.63) is 23.8 Å². The molecule has 0 aliphatic carbocycles. The number of hydrogen-bond donors (Lipinski definition) is 1. The summed E-state index contributed by atoms with van der Waals surface area (Å²) in [4.78, 5) is 0. The molecule has 0 saturated carbocycles. The van der Waals surface area contributed by atoms with E-state index in [0.29, 0.717) is 11.5 Å². The third-order valence-electron chi connectivity index (χ3n) is 3.59. The first-order chi connectivity index (χ1) is 8.77. The summed E-state index contributed by atoms with van der Waals surface area (Å²) in [5.74, 6) is 3.08. The maximum Gasteiger partial charge on any atom is 0.231 e. The largest absolute Gasteiger partial charge is 0.454 e. The molecule has 1 atom stereocenters. The molecule has 1 saturated heterocycles. The monoisotopic (exact) mass is 265 g/mol. The summed E-state index contributed by atoms with van der Waals surface area (Å²) in [5.41, 5.74) is 1.19. The van der Waals surface area contributed by atoms with Crippen LogP contribution in [0, 0.1) is 0 Å². The Labute approximate surface area is 112 Å². The van der Waals surface area contributed by atoms with Gasteiger partial charge in [0.2, 0.25) is 6.79 Å². The molecule has 3 rings (SSSR count). The number of thioether (sulfide) groups is 1. The summed E-state index contributed by atoms with van der Waals surface area (Å²) in [6.45, 7) is 4.61. The third kappa shape index (κ3) is 2.45. The van der Waals surface area contributed by atoms with E-state index in [0.717, 1.165) is 24.6 Å². The Kier molecular flexibility index (Phi) is 3.39. The summed E-state index contributed by atoms with van der Waals surface area (Å²) in [5, 5.41) is 3.56. The molecule has 0 bridgehead atoms. The van der Waals surface area contributed by atoms with E-state index < -0.39 is 0 Å². The maximum atomic E-state index is 5.51. The van der Waals surface area contributed by atoms with Crippen molar-refractivity contribution in [3.63, 3.8) is 0 Å². The van der Waals surface area contributed by atoms with Gasteiger partial charge in [0.1, 0.15) is 0 Å². The normalized spacial score (nSPS) is 25.6. The van der Waals surface area contributed by atoms with E-state index in [1.54, 1.807) is 0 Å². The maximum absolute atomic E-state index is 5.51. The van der Waals surface area contributed by atoms with Gasteiger partial charge in [0.05, 0.1) is 0 Å². The fourth-order valence-electron chi connectivity index (χ4n) is 2.57. The molecule has 0 spiro atoms. The van der Waals surface area contributed by atoms with Crippen LogP contribution in [0.1, 0.15) is 25.3 Å². The number of rotatable bonds is 4. The number of hydrogen-bond acceptors (Lipinski definition) is 4. The molecule has 1 N–H and O–H groups in total. The lowest BCUT2D eigenvalue weighted by atomic mass is 10.1. The number of ether oxygens (including phenoxy) is 2. The Balaban J connectivity index is 1.59. The predicted molar refractivity (Wildman–Crippen MR) is 74.4 cm³/mol. The van der Waals surface area contributed by atoms with Crippen LogP contribution in [0.5, 0.6) is 11.5 Å². The quantitative estimate of drug-likeness (QED) is 0.907. The number of para-hydroxylation sites is 1. The van der Waals surface area contributed by atoms with Crippen molar-refractivity contribution in [2.45, 2.75) is 31.1 Å². The molecule has 1 unspecified atom stereocenters. The van der Waals surface area contributed by atoms with E-state index in [-0.39, 0.29) is 0 Å². The van der Waals surface area contributed by atoms with Crippen molar-refractivity contribution >= 4 is 11.8 Å². The average Bonchev–Trinajstić information content (AvgIpc) is 2.98. The summed E-state index contributed by atoms with van der Waals surface area (Å²) in [7, 11) is 0. The Bertz CT molecular complexity index is 430. The molecule has 98 valence electrons. The molecular weight excluding hydrogens is 246 g/mol. The van der Waals surface area contributed by atoms with Gasteiger partial charge in [0, 0.05) is 23.4 Å². The fourth-order valence-corrected chi connectivity index (χ4v) is 3.84. The third-order valence-corrected chi connectivity index (χ3v) is 5.13. The molecule has 2 aliphatic rings. The van der Waals surface area contributed by atoms with Gasteiger partial charge in [-0.25, -0.2) is 0 Å². The minimum atomic E-state index is 0.347. The van der Waals surface area contributed by atoms with Gasteiger partial charge in [-0.1, -0.05) is 12.1 Å². The lowest BCUT2D eigenvalue weighted by molar-refractivity contribution is 0.173. The van der Waals surface area contributed by atoms with E-state index in [4.69, 9.17) is 9.47 Å². The molecule has 0 aromatic heterocycles. The molecule has 0 amide bonds. The van der Waals surface area contributed by atoms with Crippen LogP contribution in [0.3, 0.4) is 0 Å². The zero-order chi connectivity index (χ0) is 12.4. The molecule has 0 radical (unpaired) electrons. The fraction of sp³-hybridized carbons (Fsp3) is 0.571. The SMILES string of the molecule is CC1(CNCc2cccc3c2OCO3)CCCS1. The smallest absolute Gasteiger partial charge is 0.231 e. The van der Waals surface area contributed by atoms with Gasteiger partial charge in [0.15, 0.2) is 11.5 Å². The predicted octanol–water partition coefficient (Wildman–Crippen LogP) is 2.79. The molecule has 18 heavy (non-hydrogen) atoms. The van der Waals surface area contributed by atoms with E-state index in [1.807, 2.05) is 12.1 Å². The number of fused-ring (bicyclic) bond motifs is 1. The second-order valence-corrected chi connectivity index (χ2v) is 6.84. The Morgan fingerprint density at radius 1 is 1.39 bits per heavy atom. The van der Waals surface area contributed by atoms with Gasteiger partial charge in [-0.15, -0.1) is 0 Å². The van der Waals surface area contributed by atoms with Gasteiger partial charge in [-0.2, -0.15) is 11.8 Å². The van der Waals surface area contributed by atoms with Gasteiger partial charge >= 0.3 is 0 Å². The zero-order valence-electron chi connectivity index (χ0n) is 10.7. The van der Waals surface area contributed by atoms with Crippen LogP contribution in [0.2, 0.25) is 0 Å². The van der Waals surface area contributed by atoms with E-state index >= 15 is 0 Å². The summed E-state index contributed by atoms with van der Waals surface area (Å²) in [6.07, 6.45) is 2.66. The topological polar surface area (TPSA) is 30.5 Å². The molecule has 3 nitrogen and oxygen atoms in total. The lowest BCUT2D eigenvalue weighted by Crippen LogP contribution is -2.32. The first kappa shape index (κ1) is 12.2. The number of nitrogens with one attached hydrogen (secondary N) is 1. The van der Waals surface area contributed by atoms with E-state index in [9.17, 15) is 0 Å². The molecule has 4 heteroatoms. The Morgan fingerprint density at radius 3 is 3.17 bits per heavy atom. The second-order valence-electron chi connectivity index (χ2n) is 5.16. The highest BCUT2D eigenvalue weighted by Gasteiger charge is 2.29. The molecule has 1 aromatic rings. The molecule has 1 aromatic carbocycles. The summed E-state index contributed by atoms with van der Waals surface area (Å²) < 4.78 is 11.3. The highest BCUT2D eigenvalue weighted by atomic mass is 32.2. The van der Waals surface area contributed by atoms with Gasteiger partial charge in [-0.3, -0.25) is 0 Å². The van der Waals surface area contributed by atoms with Crippen molar-refractivity contribution in [1.82, 2.24) is 5.32 Å². The van der Waals surface area contributed by atoms with Crippen LogP contribution in [0.4, 0.5) is 0 Å². The summed E-state index contributed by atoms with van der Waals surface area (Å²) in [6, 6.07) is 6.08. The van der Waals surface area contributed by atoms with Crippen molar-refractivity contribution < 1.29 is 9.47 Å². The van der Waals surface area contributed by atoms with Crippen molar-refractivity contribution in [1.29, 1.82) is 0 Å². The summed E-state index contributed by atoms with van der Waals surface area (Å²) >= 11 is 2.09. The van der Waals surface area contributed by atoms with Crippen molar-refractivity contribution in [2.24, 2.45) is 0 Å². The standard InChI is InChI=1S/C14H19NO2S/c1-14(6-3-7-18-14)9-15-8-11-4-2-5-12-13(11)17-10-16-12/h2,4-5,15H,3,6-10H2,1H3. The van der Waals surface area contributed by atoms with Gasteiger partial charge in [0.25, 0.3) is 0 Å².